The first kappa shape index (κ1) is 16.0. The fraction of sp³-hybridized carbons (Fsp3) is 0.688. The van der Waals surface area contributed by atoms with Crippen molar-refractivity contribution in [3.05, 3.63) is 24.0 Å². The third-order valence-corrected chi connectivity index (χ3v) is 3.57. The minimum absolute atomic E-state index is 0.726. The lowest BCUT2D eigenvalue weighted by Gasteiger charge is -2.28. The van der Waals surface area contributed by atoms with Crippen molar-refractivity contribution in [1.29, 1.82) is 0 Å². The van der Waals surface area contributed by atoms with E-state index < -0.39 is 0 Å². The van der Waals surface area contributed by atoms with E-state index in [9.17, 15) is 0 Å². The molecule has 0 saturated heterocycles. The molecule has 19 heavy (non-hydrogen) atoms. The molecule has 1 heterocycles. The molecule has 1 atom stereocenters. The summed E-state index contributed by atoms with van der Waals surface area (Å²) in [5.74, 6) is 0.726. The predicted molar refractivity (Wildman–Crippen MR) is 83.6 cm³/mol. The van der Waals surface area contributed by atoms with E-state index in [1.165, 1.54) is 24.1 Å². The third kappa shape index (κ3) is 5.19. The third-order valence-electron chi connectivity index (χ3n) is 3.57. The molecule has 108 valence electrons. The number of nitrogens with one attached hydrogen (secondary N) is 1. The van der Waals surface area contributed by atoms with Gasteiger partial charge < -0.3 is 10.2 Å². The molecule has 0 spiro atoms. The Morgan fingerprint density at radius 2 is 2.11 bits per heavy atom. The first-order valence-electron chi connectivity index (χ1n) is 7.61. The molecule has 0 fully saturated rings. The number of rotatable bonds is 9. The molecule has 1 rings (SSSR count). The van der Waals surface area contributed by atoms with E-state index >= 15 is 0 Å². The van der Waals surface area contributed by atoms with Crippen LogP contribution in [0.5, 0.6) is 0 Å². The summed E-state index contributed by atoms with van der Waals surface area (Å²) < 4.78 is 0. The Balaban J connectivity index is 2.77. The maximum atomic E-state index is 4.27. The predicted octanol–water partition coefficient (Wildman–Crippen LogP) is 3.45. The van der Waals surface area contributed by atoms with Gasteiger partial charge >= 0.3 is 0 Å². The number of hydrogen-bond acceptors (Lipinski definition) is 3. The van der Waals surface area contributed by atoms with Gasteiger partial charge in [0.05, 0.1) is 0 Å². The first-order chi connectivity index (χ1) is 9.22. The highest BCUT2D eigenvalue weighted by Crippen LogP contribution is 2.21. The smallest absolute Gasteiger partial charge is 0.0442 e. The molecule has 3 nitrogen and oxygen atoms in total. The van der Waals surface area contributed by atoms with Crippen LogP contribution >= 0.6 is 0 Å². The average Bonchev–Trinajstić information content (AvgIpc) is 2.45. The number of nitrogens with zero attached hydrogens (tertiary/aromatic N) is 2. The molecule has 0 bridgehead atoms. The second-order valence-electron chi connectivity index (χ2n) is 5.23. The molecule has 0 aliphatic rings. The molecule has 0 aliphatic heterocycles. The molecular formula is C16H29N3. The Kier molecular flexibility index (Phi) is 7.49. The van der Waals surface area contributed by atoms with E-state index in [-0.39, 0.29) is 0 Å². The Hall–Kier alpha value is -1.09. The molecule has 1 N–H and O–H groups in total. The summed E-state index contributed by atoms with van der Waals surface area (Å²) in [6.45, 7) is 13.1. The number of pyridine rings is 1. The maximum absolute atomic E-state index is 4.27. The second-order valence-corrected chi connectivity index (χ2v) is 5.23. The van der Waals surface area contributed by atoms with Crippen molar-refractivity contribution in [2.45, 2.75) is 47.1 Å². The standard InChI is InChI=1S/C16H29N3/c1-5-9-17-11-15-12-18-10-8-16(15)19(7-3)13-14(4)6-2/h8,10,12,14,17H,5-7,9,11,13H2,1-4H3. The topological polar surface area (TPSA) is 28.2 Å². The Morgan fingerprint density at radius 3 is 2.74 bits per heavy atom. The lowest BCUT2D eigenvalue weighted by Crippen LogP contribution is -2.29. The van der Waals surface area contributed by atoms with E-state index in [1.807, 2.05) is 12.4 Å². The van der Waals surface area contributed by atoms with Crippen molar-refractivity contribution in [3.8, 4) is 0 Å². The number of anilines is 1. The zero-order chi connectivity index (χ0) is 14.1. The van der Waals surface area contributed by atoms with Gasteiger partial charge in [-0.1, -0.05) is 27.2 Å². The largest absolute Gasteiger partial charge is 0.371 e. The molecule has 0 aliphatic carbocycles. The summed E-state index contributed by atoms with van der Waals surface area (Å²) in [7, 11) is 0. The van der Waals surface area contributed by atoms with E-state index in [2.05, 4.69) is 49.0 Å². The van der Waals surface area contributed by atoms with Gasteiger partial charge in [0.2, 0.25) is 0 Å². The van der Waals surface area contributed by atoms with Crippen molar-refractivity contribution >= 4 is 5.69 Å². The van der Waals surface area contributed by atoms with Crippen LogP contribution in [0, 0.1) is 5.92 Å². The lowest BCUT2D eigenvalue weighted by molar-refractivity contribution is 0.546. The van der Waals surface area contributed by atoms with E-state index in [0.29, 0.717) is 0 Å². The second kappa shape index (κ2) is 8.92. The van der Waals surface area contributed by atoms with Gasteiger partial charge in [-0.05, 0) is 31.9 Å². The SMILES string of the molecule is CCCNCc1cnccc1N(CC)CC(C)CC. The van der Waals surface area contributed by atoms with Crippen molar-refractivity contribution < 1.29 is 0 Å². The molecule has 1 unspecified atom stereocenters. The Labute approximate surface area is 118 Å². The van der Waals surface area contributed by atoms with Crippen LogP contribution in [0.4, 0.5) is 5.69 Å². The van der Waals surface area contributed by atoms with Gasteiger partial charge in [-0.3, -0.25) is 4.98 Å². The van der Waals surface area contributed by atoms with Crippen molar-refractivity contribution in [2.24, 2.45) is 5.92 Å². The number of aromatic nitrogens is 1. The zero-order valence-corrected chi connectivity index (χ0v) is 12.9. The van der Waals surface area contributed by atoms with Crippen molar-refractivity contribution in [1.82, 2.24) is 10.3 Å². The van der Waals surface area contributed by atoms with Gasteiger partial charge in [-0.25, -0.2) is 0 Å². The fourth-order valence-corrected chi connectivity index (χ4v) is 2.17. The summed E-state index contributed by atoms with van der Waals surface area (Å²) in [5, 5.41) is 3.47. The van der Waals surface area contributed by atoms with E-state index in [0.717, 1.165) is 32.1 Å². The quantitative estimate of drug-likeness (QED) is 0.692. The molecule has 0 radical (unpaired) electrons. The molecular weight excluding hydrogens is 234 g/mol. The molecule has 0 saturated carbocycles. The highest BCUT2D eigenvalue weighted by Gasteiger charge is 2.12. The Morgan fingerprint density at radius 1 is 1.32 bits per heavy atom. The van der Waals surface area contributed by atoms with Gasteiger partial charge in [-0.2, -0.15) is 0 Å². The fourth-order valence-electron chi connectivity index (χ4n) is 2.17. The van der Waals surface area contributed by atoms with Crippen LogP contribution < -0.4 is 10.2 Å². The van der Waals surface area contributed by atoms with Crippen LogP contribution in [0.1, 0.15) is 46.1 Å². The van der Waals surface area contributed by atoms with Gasteiger partial charge in [0.25, 0.3) is 0 Å². The monoisotopic (exact) mass is 263 g/mol. The van der Waals surface area contributed by atoms with E-state index in [1.54, 1.807) is 0 Å². The summed E-state index contributed by atoms with van der Waals surface area (Å²) in [6, 6.07) is 2.15. The maximum Gasteiger partial charge on any atom is 0.0442 e. The van der Waals surface area contributed by atoms with E-state index in [4.69, 9.17) is 0 Å². The zero-order valence-electron chi connectivity index (χ0n) is 12.9. The molecule has 3 heteroatoms. The molecule has 0 amide bonds. The summed E-state index contributed by atoms with van der Waals surface area (Å²) in [5.41, 5.74) is 2.64. The van der Waals surface area contributed by atoms with Gasteiger partial charge in [-0.15, -0.1) is 0 Å². The van der Waals surface area contributed by atoms with Crippen LogP contribution in [-0.4, -0.2) is 24.6 Å². The summed E-state index contributed by atoms with van der Waals surface area (Å²) in [6.07, 6.45) is 6.29. The van der Waals surface area contributed by atoms with Gasteiger partial charge in [0, 0.05) is 43.3 Å². The van der Waals surface area contributed by atoms with Crippen molar-refractivity contribution in [2.75, 3.05) is 24.5 Å². The minimum Gasteiger partial charge on any atom is -0.371 e. The lowest BCUT2D eigenvalue weighted by atomic mass is 10.1. The first-order valence-corrected chi connectivity index (χ1v) is 7.61. The average molecular weight is 263 g/mol. The number of hydrogen-bond donors (Lipinski definition) is 1. The minimum atomic E-state index is 0.726. The molecule has 1 aromatic heterocycles. The van der Waals surface area contributed by atoms with Gasteiger partial charge in [0.1, 0.15) is 0 Å². The van der Waals surface area contributed by atoms with Crippen LogP contribution in [0.3, 0.4) is 0 Å². The Bertz CT molecular complexity index is 352. The van der Waals surface area contributed by atoms with Crippen LogP contribution in [0.15, 0.2) is 18.5 Å². The van der Waals surface area contributed by atoms with Crippen LogP contribution in [0.2, 0.25) is 0 Å². The summed E-state index contributed by atoms with van der Waals surface area (Å²) in [4.78, 5) is 6.74. The highest BCUT2D eigenvalue weighted by atomic mass is 15.1. The molecule has 0 aromatic carbocycles. The van der Waals surface area contributed by atoms with Crippen LogP contribution in [-0.2, 0) is 6.54 Å². The van der Waals surface area contributed by atoms with Gasteiger partial charge in [0.15, 0.2) is 0 Å². The normalized spacial score (nSPS) is 12.4. The van der Waals surface area contributed by atoms with Crippen LogP contribution in [0.25, 0.3) is 0 Å². The molecule has 1 aromatic rings. The van der Waals surface area contributed by atoms with Crippen molar-refractivity contribution in [3.63, 3.8) is 0 Å². The summed E-state index contributed by atoms with van der Waals surface area (Å²) >= 11 is 0. The highest BCUT2D eigenvalue weighted by molar-refractivity contribution is 5.52.